The molecule has 0 aliphatic carbocycles. The van der Waals surface area contributed by atoms with Crippen molar-refractivity contribution in [3.05, 3.63) is 23.0 Å². The van der Waals surface area contributed by atoms with Gasteiger partial charge in [0.25, 0.3) is 0 Å². The number of nitrogens with one attached hydrogen (secondary N) is 2. The van der Waals surface area contributed by atoms with E-state index < -0.39 is 0 Å². The molecule has 2 aromatic heterocycles. The first kappa shape index (κ1) is 13.1. The maximum Gasteiger partial charge on any atom is 0.223 e. The van der Waals surface area contributed by atoms with E-state index in [-0.39, 0.29) is 5.95 Å². The summed E-state index contributed by atoms with van der Waals surface area (Å²) in [5.41, 5.74) is 8.98. The molecule has 19 heavy (non-hydrogen) atoms. The summed E-state index contributed by atoms with van der Waals surface area (Å²) >= 11 is 0. The van der Waals surface area contributed by atoms with E-state index in [1.807, 2.05) is 31.6 Å². The molecule has 2 heterocycles. The molecule has 0 fully saturated rings. The Bertz CT molecular complexity index is 588. The van der Waals surface area contributed by atoms with Crippen LogP contribution in [0.1, 0.15) is 17.0 Å². The first-order chi connectivity index (χ1) is 9.01. The lowest BCUT2D eigenvalue weighted by molar-refractivity contribution is 0.730. The van der Waals surface area contributed by atoms with E-state index in [4.69, 9.17) is 5.73 Å². The molecule has 0 spiro atoms. The number of nitrogens with zero attached hydrogens (tertiary/aromatic N) is 4. The van der Waals surface area contributed by atoms with Crippen LogP contribution in [0.2, 0.25) is 0 Å². The maximum absolute atomic E-state index is 5.65. The highest BCUT2D eigenvalue weighted by atomic mass is 15.3. The van der Waals surface area contributed by atoms with Gasteiger partial charge in [-0.25, -0.2) is 0 Å². The number of anilines is 3. The summed E-state index contributed by atoms with van der Waals surface area (Å²) in [6.07, 6.45) is 0. The van der Waals surface area contributed by atoms with Crippen molar-refractivity contribution in [1.29, 1.82) is 0 Å². The van der Waals surface area contributed by atoms with Crippen molar-refractivity contribution >= 4 is 17.6 Å². The zero-order valence-corrected chi connectivity index (χ0v) is 11.7. The van der Waals surface area contributed by atoms with Crippen LogP contribution in [0.5, 0.6) is 0 Å². The molecule has 7 heteroatoms. The molecule has 102 valence electrons. The van der Waals surface area contributed by atoms with Gasteiger partial charge in [0.15, 0.2) is 0 Å². The molecule has 4 N–H and O–H groups in total. The van der Waals surface area contributed by atoms with Crippen molar-refractivity contribution in [3.8, 4) is 0 Å². The Morgan fingerprint density at radius 2 is 1.95 bits per heavy atom. The van der Waals surface area contributed by atoms with Crippen molar-refractivity contribution in [1.82, 2.24) is 19.7 Å². The van der Waals surface area contributed by atoms with E-state index in [0.29, 0.717) is 18.2 Å². The van der Waals surface area contributed by atoms with Crippen molar-refractivity contribution in [2.45, 2.75) is 20.4 Å². The average Bonchev–Trinajstić information content (AvgIpc) is 2.60. The fourth-order valence-electron chi connectivity index (χ4n) is 1.94. The minimum Gasteiger partial charge on any atom is -0.373 e. The fraction of sp³-hybridized carbons (Fsp3) is 0.417. The molecule has 0 saturated carbocycles. The monoisotopic (exact) mass is 261 g/mol. The van der Waals surface area contributed by atoms with Gasteiger partial charge in [0.2, 0.25) is 5.95 Å². The highest BCUT2D eigenvalue weighted by Gasteiger charge is 2.09. The van der Waals surface area contributed by atoms with E-state index in [9.17, 15) is 0 Å². The zero-order valence-electron chi connectivity index (χ0n) is 11.7. The van der Waals surface area contributed by atoms with Crippen LogP contribution < -0.4 is 16.4 Å². The predicted molar refractivity (Wildman–Crippen MR) is 76.0 cm³/mol. The third-order valence-corrected chi connectivity index (χ3v) is 3.10. The minimum absolute atomic E-state index is 0.244. The standard InChI is InChI=1S/C12H19N7/c1-7-9(8(2)19(4)18-7)6-15-11-5-10(14-3)16-12(13)17-11/h5H,6H2,1-4H3,(H4,13,14,15,16,17). The first-order valence-corrected chi connectivity index (χ1v) is 6.06. The van der Waals surface area contributed by atoms with Crippen LogP contribution in [0.3, 0.4) is 0 Å². The number of nitrogen functional groups attached to an aromatic ring is 1. The van der Waals surface area contributed by atoms with Crippen LogP contribution in [0.15, 0.2) is 6.07 Å². The van der Waals surface area contributed by atoms with E-state index in [1.54, 1.807) is 7.05 Å². The summed E-state index contributed by atoms with van der Waals surface area (Å²) in [7, 11) is 3.73. The summed E-state index contributed by atoms with van der Waals surface area (Å²) in [6.45, 7) is 4.70. The lowest BCUT2D eigenvalue weighted by atomic mass is 10.2. The molecule has 0 aliphatic rings. The first-order valence-electron chi connectivity index (χ1n) is 6.06. The second-order valence-corrected chi connectivity index (χ2v) is 4.37. The van der Waals surface area contributed by atoms with E-state index in [1.165, 1.54) is 5.56 Å². The summed E-state index contributed by atoms with van der Waals surface area (Å²) in [5, 5.41) is 10.6. The van der Waals surface area contributed by atoms with Crippen LogP contribution in [-0.2, 0) is 13.6 Å². The van der Waals surface area contributed by atoms with Gasteiger partial charge in [-0.15, -0.1) is 0 Å². The smallest absolute Gasteiger partial charge is 0.223 e. The van der Waals surface area contributed by atoms with Gasteiger partial charge in [-0.05, 0) is 13.8 Å². The van der Waals surface area contributed by atoms with Gasteiger partial charge >= 0.3 is 0 Å². The van der Waals surface area contributed by atoms with Crippen molar-refractivity contribution < 1.29 is 0 Å². The van der Waals surface area contributed by atoms with Gasteiger partial charge in [-0.1, -0.05) is 0 Å². The van der Waals surface area contributed by atoms with Crippen molar-refractivity contribution in [2.75, 3.05) is 23.4 Å². The molecule has 0 aromatic carbocycles. The Kier molecular flexibility index (Phi) is 3.55. The van der Waals surface area contributed by atoms with E-state index >= 15 is 0 Å². The predicted octanol–water partition coefficient (Wildman–Crippen LogP) is 1.06. The summed E-state index contributed by atoms with van der Waals surface area (Å²) in [5.74, 6) is 1.63. The normalized spacial score (nSPS) is 10.5. The molecule has 0 radical (unpaired) electrons. The number of rotatable bonds is 4. The van der Waals surface area contributed by atoms with E-state index in [2.05, 4.69) is 25.7 Å². The van der Waals surface area contributed by atoms with Gasteiger partial charge in [0, 0.05) is 38.0 Å². The Labute approximate surface area is 112 Å². The lowest BCUT2D eigenvalue weighted by Gasteiger charge is -2.08. The third kappa shape index (κ3) is 2.75. The molecule has 0 saturated heterocycles. The van der Waals surface area contributed by atoms with Crippen LogP contribution >= 0.6 is 0 Å². The fourth-order valence-corrected chi connectivity index (χ4v) is 1.94. The minimum atomic E-state index is 0.244. The second-order valence-electron chi connectivity index (χ2n) is 4.37. The van der Waals surface area contributed by atoms with Gasteiger partial charge in [-0.2, -0.15) is 15.1 Å². The summed E-state index contributed by atoms with van der Waals surface area (Å²) in [6, 6.07) is 1.82. The number of aromatic nitrogens is 4. The highest BCUT2D eigenvalue weighted by Crippen LogP contribution is 2.16. The Hall–Kier alpha value is -2.31. The van der Waals surface area contributed by atoms with Gasteiger partial charge in [0.05, 0.1) is 5.69 Å². The molecule has 0 bridgehead atoms. The Morgan fingerprint density at radius 1 is 1.26 bits per heavy atom. The lowest BCUT2D eigenvalue weighted by Crippen LogP contribution is -2.07. The molecule has 0 unspecified atom stereocenters. The Balaban J connectivity index is 2.16. The van der Waals surface area contributed by atoms with Gasteiger partial charge < -0.3 is 16.4 Å². The number of hydrogen-bond acceptors (Lipinski definition) is 6. The van der Waals surface area contributed by atoms with Crippen LogP contribution in [0.4, 0.5) is 17.6 Å². The summed E-state index contributed by atoms with van der Waals surface area (Å²) < 4.78 is 1.87. The molecular weight excluding hydrogens is 242 g/mol. The molecule has 2 rings (SSSR count). The third-order valence-electron chi connectivity index (χ3n) is 3.10. The quantitative estimate of drug-likeness (QED) is 0.762. The van der Waals surface area contributed by atoms with Gasteiger partial charge in [0.1, 0.15) is 11.6 Å². The number of aryl methyl sites for hydroxylation is 2. The maximum atomic E-state index is 5.65. The van der Waals surface area contributed by atoms with Gasteiger partial charge in [-0.3, -0.25) is 4.68 Å². The molecule has 0 amide bonds. The van der Waals surface area contributed by atoms with Crippen LogP contribution in [0.25, 0.3) is 0 Å². The molecule has 0 aliphatic heterocycles. The molecular formula is C12H19N7. The van der Waals surface area contributed by atoms with E-state index in [0.717, 1.165) is 11.4 Å². The molecule has 2 aromatic rings. The molecule has 7 nitrogen and oxygen atoms in total. The number of nitrogens with two attached hydrogens (primary N) is 1. The molecule has 0 atom stereocenters. The SMILES string of the molecule is CNc1cc(NCc2c(C)nn(C)c2C)nc(N)n1. The zero-order chi connectivity index (χ0) is 14.0. The summed E-state index contributed by atoms with van der Waals surface area (Å²) in [4.78, 5) is 8.20. The Morgan fingerprint density at radius 3 is 2.53 bits per heavy atom. The van der Waals surface area contributed by atoms with Crippen LogP contribution in [-0.4, -0.2) is 26.8 Å². The topological polar surface area (TPSA) is 93.7 Å². The van der Waals surface area contributed by atoms with Crippen molar-refractivity contribution in [3.63, 3.8) is 0 Å². The second kappa shape index (κ2) is 5.13. The van der Waals surface area contributed by atoms with Crippen LogP contribution in [0, 0.1) is 13.8 Å². The average molecular weight is 261 g/mol. The van der Waals surface area contributed by atoms with Crippen molar-refractivity contribution in [2.24, 2.45) is 7.05 Å². The highest BCUT2D eigenvalue weighted by molar-refractivity contribution is 5.51. The largest absolute Gasteiger partial charge is 0.373 e. The number of hydrogen-bond donors (Lipinski definition) is 3.